The van der Waals surface area contributed by atoms with Crippen LogP contribution in [0.1, 0.15) is 48.9 Å². The molecule has 0 radical (unpaired) electrons. The summed E-state index contributed by atoms with van der Waals surface area (Å²) in [5, 5.41) is 6.40. The monoisotopic (exact) mass is 377 g/mol. The van der Waals surface area contributed by atoms with Gasteiger partial charge >= 0.3 is 0 Å². The van der Waals surface area contributed by atoms with E-state index in [1.807, 2.05) is 0 Å². The molecule has 4 aromatic carbocycles. The Hall–Kier alpha value is -2.90. The quantitative estimate of drug-likeness (QED) is 0.361. The topological polar surface area (TPSA) is 12.0 Å². The molecule has 0 atom stereocenters. The van der Waals surface area contributed by atoms with Crippen LogP contribution in [0, 0.1) is 0 Å². The van der Waals surface area contributed by atoms with Gasteiger partial charge in [-0.05, 0) is 64.9 Å². The molecule has 0 aromatic heterocycles. The average Bonchev–Trinajstić information content (AvgIpc) is 3.06. The van der Waals surface area contributed by atoms with Gasteiger partial charge in [0.1, 0.15) is 0 Å². The summed E-state index contributed by atoms with van der Waals surface area (Å²) in [5.74, 6) is 0.281. The fourth-order valence-electron chi connectivity index (χ4n) is 4.66. The number of fused-ring (bicyclic) bond motifs is 4. The van der Waals surface area contributed by atoms with Gasteiger partial charge in [0.2, 0.25) is 0 Å². The molecule has 4 aromatic rings. The second-order valence-electron chi connectivity index (χ2n) is 9.07. The minimum absolute atomic E-state index is 0.0692. The van der Waals surface area contributed by atoms with E-state index in [4.69, 9.17) is 0 Å². The first kappa shape index (κ1) is 18.1. The lowest BCUT2D eigenvalue weighted by Gasteiger charge is -2.25. The molecule has 0 saturated heterocycles. The highest BCUT2D eigenvalue weighted by molar-refractivity contribution is 5.89. The Morgan fingerprint density at radius 2 is 1.24 bits per heavy atom. The normalized spacial score (nSPS) is 13.5. The summed E-state index contributed by atoms with van der Waals surface area (Å²) in [7, 11) is 0. The zero-order valence-electron chi connectivity index (χ0n) is 17.4. The molecule has 1 heteroatoms. The van der Waals surface area contributed by atoms with Gasteiger partial charge in [-0.1, -0.05) is 84.9 Å². The van der Waals surface area contributed by atoms with E-state index in [-0.39, 0.29) is 11.5 Å². The Labute approximate surface area is 173 Å². The lowest BCUT2D eigenvalue weighted by Crippen LogP contribution is -2.35. The van der Waals surface area contributed by atoms with Gasteiger partial charge in [-0.15, -0.1) is 0 Å². The van der Waals surface area contributed by atoms with Crippen LogP contribution in [-0.4, -0.2) is 5.54 Å². The highest BCUT2D eigenvalue weighted by atomic mass is 14.9. The van der Waals surface area contributed by atoms with Gasteiger partial charge in [-0.2, -0.15) is 0 Å². The Bertz CT molecular complexity index is 1150. The predicted molar refractivity (Wildman–Crippen MR) is 123 cm³/mol. The fraction of sp³-hybridized carbons (Fsp3) is 0.214. The number of rotatable bonds is 3. The summed E-state index contributed by atoms with van der Waals surface area (Å²) >= 11 is 0. The molecule has 0 bridgehead atoms. The molecular formula is C28H27N. The number of nitrogens with one attached hydrogen (secondary N) is 1. The smallest absolute Gasteiger partial charge is 0.0355 e. The molecule has 0 aliphatic heterocycles. The SMILES string of the molecule is CC(C)(C)NCc1c(C2c3ccccc3-c3ccccc32)ccc2ccccc12. The molecule has 0 saturated carbocycles. The van der Waals surface area contributed by atoms with Gasteiger partial charge in [-0.3, -0.25) is 0 Å². The summed E-state index contributed by atoms with van der Waals surface area (Å²) in [6.45, 7) is 7.56. The third-order valence-electron chi connectivity index (χ3n) is 6.02. The van der Waals surface area contributed by atoms with Crippen molar-refractivity contribution in [1.82, 2.24) is 5.32 Å². The molecule has 0 fully saturated rings. The second-order valence-corrected chi connectivity index (χ2v) is 9.07. The summed E-state index contributed by atoms with van der Waals surface area (Å²) in [6.07, 6.45) is 0. The Morgan fingerprint density at radius 1 is 0.655 bits per heavy atom. The maximum Gasteiger partial charge on any atom is 0.0355 e. The van der Waals surface area contributed by atoms with Gasteiger partial charge in [0, 0.05) is 18.0 Å². The molecule has 1 aliphatic rings. The van der Waals surface area contributed by atoms with Crippen molar-refractivity contribution >= 4 is 10.8 Å². The van der Waals surface area contributed by atoms with Crippen molar-refractivity contribution in [3.8, 4) is 11.1 Å². The van der Waals surface area contributed by atoms with Crippen LogP contribution >= 0.6 is 0 Å². The summed E-state index contributed by atoms with van der Waals surface area (Å²) in [5.41, 5.74) is 8.47. The van der Waals surface area contributed by atoms with Gasteiger partial charge in [0.05, 0.1) is 0 Å². The van der Waals surface area contributed by atoms with Crippen molar-refractivity contribution in [2.75, 3.05) is 0 Å². The van der Waals surface area contributed by atoms with Crippen LogP contribution in [0.4, 0.5) is 0 Å². The van der Waals surface area contributed by atoms with E-state index in [0.717, 1.165) is 6.54 Å². The third-order valence-corrected chi connectivity index (χ3v) is 6.02. The molecule has 29 heavy (non-hydrogen) atoms. The maximum atomic E-state index is 3.74. The van der Waals surface area contributed by atoms with E-state index in [2.05, 4.69) is 111 Å². The number of benzene rings is 4. The van der Waals surface area contributed by atoms with Crippen LogP contribution in [0.5, 0.6) is 0 Å². The van der Waals surface area contributed by atoms with Crippen LogP contribution in [0.25, 0.3) is 21.9 Å². The molecular weight excluding hydrogens is 350 g/mol. The molecule has 144 valence electrons. The van der Waals surface area contributed by atoms with E-state index < -0.39 is 0 Å². The van der Waals surface area contributed by atoms with Crippen LogP contribution in [0.2, 0.25) is 0 Å². The summed E-state index contributed by atoms with van der Waals surface area (Å²) < 4.78 is 0. The van der Waals surface area contributed by atoms with Crippen molar-refractivity contribution in [2.24, 2.45) is 0 Å². The van der Waals surface area contributed by atoms with E-state index in [9.17, 15) is 0 Å². The Morgan fingerprint density at radius 3 is 1.90 bits per heavy atom. The van der Waals surface area contributed by atoms with Crippen molar-refractivity contribution in [3.05, 3.63) is 107 Å². The molecule has 1 N–H and O–H groups in total. The Balaban J connectivity index is 1.75. The fourth-order valence-corrected chi connectivity index (χ4v) is 4.66. The van der Waals surface area contributed by atoms with Crippen LogP contribution < -0.4 is 5.32 Å². The molecule has 0 spiro atoms. The average molecular weight is 378 g/mol. The first-order chi connectivity index (χ1) is 14.0. The number of hydrogen-bond acceptors (Lipinski definition) is 1. The third kappa shape index (κ3) is 3.16. The molecule has 1 nitrogen and oxygen atoms in total. The second kappa shape index (κ2) is 6.86. The highest BCUT2D eigenvalue weighted by Gasteiger charge is 2.31. The largest absolute Gasteiger partial charge is 0.308 e. The Kier molecular flexibility index (Phi) is 4.29. The van der Waals surface area contributed by atoms with Crippen molar-refractivity contribution in [3.63, 3.8) is 0 Å². The predicted octanol–water partition coefficient (Wildman–Crippen LogP) is 6.89. The standard InChI is InChI=1S/C28H27N/c1-28(2,3)29-18-26-20-11-5-4-10-19(20)16-17-25(26)27-23-14-8-6-12-21(23)22-13-7-9-15-24(22)27/h4-17,27,29H,18H2,1-3H3. The van der Waals surface area contributed by atoms with Crippen molar-refractivity contribution < 1.29 is 0 Å². The highest BCUT2D eigenvalue weighted by Crippen LogP contribution is 2.49. The minimum atomic E-state index is 0.0692. The first-order valence-corrected chi connectivity index (χ1v) is 10.5. The zero-order chi connectivity index (χ0) is 20.0. The van der Waals surface area contributed by atoms with E-state index in [0.29, 0.717) is 0 Å². The van der Waals surface area contributed by atoms with E-state index in [1.165, 1.54) is 44.2 Å². The van der Waals surface area contributed by atoms with Crippen LogP contribution in [0.15, 0.2) is 84.9 Å². The molecule has 0 heterocycles. The van der Waals surface area contributed by atoms with Crippen LogP contribution in [-0.2, 0) is 6.54 Å². The molecule has 5 rings (SSSR count). The molecule has 1 aliphatic carbocycles. The van der Waals surface area contributed by atoms with Gasteiger partial charge in [0.15, 0.2) is 0 Å². The van der Waals surface area contributed by atoms with E-state index in [1.54, 1.807) is 0 Å². The van der Waals surface area contributed by atoms with Gasteiger partial charge in [-0.25, -0.2) is 0 Å². The summed E-state index contributed by atoms with van der Waals surface area (Å²) in [4.78, 5) is 0. The van der Waals surface area contributed by atoms with Crippen molar-refractivity contribution in [2.45, 2.75) is 38.8 Å². The van der Waals surface area contributed by atoms with Gasteiger partial charge in [0.25, 0.3) is 0 Å². The maximum absolute atomic E-state index is 3.74. The lowest BCUT2D eigenvalue weighted by atomic mass is 9.84. The molecule has 0 unspecified atom stereocenters. The van der Waals surface area contributed by atoms with Gasteiger partial charge < -0.3 is 5.32 Å². The summed E-state index contributed by atoms with van der Waals surface area (Å²) in [6, 6.07) is 31.2. The molecule has 0 amide bonds. The minimum Gasteiger partial charge on any atom is -0.308 e. The number of hydrogen-bond donors (Lipinski definition) is 1. The van der Waals surface area contributed by atoms with E-state index >= 15 is 0 Å². The first-order valence-electron chi connectivity index (χ1n) is 10.5. The van der Waals surface area contributed by atoms with Crippen molar-refractivity contribution in [1.29, 1.82) is 0 Å². The lowest BCUT2D eigenvalue weighted by molar-refractivity contribution is 0.424. The zero-order valence-corrected chi connectivity index (χ0v) is 17.4. The van der Waals surface area contributed by atoms with Crippen LogP contribution in [0.3, 0.4) is 0 Å².